The molecule has 0 bridgehead atoms. The minimum absolute atomic E-state index is 0.809. The van der Waals surface area contributed by atoms with Crippen LogP contribution in [0, 0.1) is 0 Å². The van der Waals surface area contributed by atoms with Crippen LogP contribution in [-0.4, -0.2) is 28.8 Å². The van der Waals surface area contributed by atoms with Crippen molar-refractivity contribution in [1.82, 2.24) is 0 Å². The maximum absolute atomic E-state index is 6.28. The van der Waals surface area contributed by atoms with Crippen molar-refractivity contribution >= 4 is 32.9 Å². The van der Waals surface area contributed by atoms with Gasteiger partial charge in [0.1, 0.15) is 5.75 Å². The van der Waals surface area contributed by atoms with Crippen molar-refractivity contribution in [1.29, 1.82) is 0 Å². The van der Waals surface area contributed by atoms with Gasteiger partial charge in [-0.2, -0.15) is 0 Å². The highest BCUT2D eigenvalue weighted by molar-refractivity contribution is 7.04. The van der Waals surface area contributed by atoms with E-state index in [1.165, 1.54) is 10.9 Å². The molecule has 0 N–H and O–H groups in total. The van der Waals surface area contributed by atoms with Crippen molar-refractivity contribution in [2.45, 2.75) is 31.9 Å². The molecule has 96 valence electrons. The number of alkyl halides is 1. The average molecular weight is 287 g/mol. The molecule has 0 spiro atoms. The molecule has 17 heavy (non-hydrogen) atoms. The molecule has 0 aliphatic carbocycles. The third kappa shape index (κ3) is 4.16. The first-order valence-corrected chi connectivity index (χ1v) is 13.2. The zero-order valence-corrected chi connectivity index (χ0v) is 14.3. The Balaban J connectivity index is 2.99. The van der Waals surface area contributed by atoms with Gasteiger partial charge >= 0.3 is 0 Å². The Morgan fingerprint density at radius 3 is 1.94 bits per heavy atom. The summed E-state index contributed by atoms with van der Waals surface area (Å²) in [4.78, 5) is 0. The van der Waals surface area contributed by atoms with Gasteiger partial charge < -0.3 is 4.74 Å². The topological polar surface area (TPSA) is 9.23 Å². The number of hydrogen-bond donors (Lipinski definition) is 0. The molecule has 0 radical (unpaired) electrons. The van der Waals surface area contributed by atoms with E-state index in [0.29, 0.717) is 0 Å². The lowest BCUT2D eigenvalue weighted by molar-refractivity contribution is 0.415. The number of benzene rings is 1. The molecule has 0 saturated carbocycles. The van der Waals surface area contributed by atoms with Gasteiger partial charge in [-0.25, -0.2) is 0 Å². The van der Waals surface area contributed by atoms with Crippen molar-refractivity contribution in [2.24, 2.45) is 0 Å². The molecule has 0 aliphatic heterocycles. The second kappa shape index (κ2) is 5.59. The highest BCUT2D eigenvalue weighted by atomic mass is 35.5. The highest BCUT2D eigenvalue weighted by Crippen LogP contribution is 2.22. The van der Waals surface area contributed by atoms with Gasteiger partial charge in [0, 0.05) is 13.6 Å². The summed E-state index contributed by atoms with van der Waals surface area (Å²) in [6.07, 6.45) is 0. The predicted octanol–water partition coefficient (Wildman–Crippen LogP) is 3.64. The van der Waals surface area contributed by atoms with E-state index < -0.39 is 16.1 Å². The summed E-state index contributed by atoms with van der Waals surface area (Å²) in [5, 5.41) is 1.45. The largest absolute Gasteiger partial charge is 0.497 e. The molecule has 0 aromatic heterocycles. The van der Waals surface area contributed by atoms with Crippen LogP contribution in [-0.2, 0) is 0 Å². The zero-order chi connectivity index (χ0) is 13.1. The molecule has 0 amide bonds. The summed E-state index contributed by atoms with van der Waals surface area (Å²) in [5.74, 6) is 0.924. The first-order valence-electron chi connectivity index (χ1n) is 6.01. The standard InChI is InChI=1S/C13H23ClOSi2/c1-15-12-6-8-13(9-7-12)17(5,10-14)11-16(2,3)4/h6-9H,10-11H2,1-5H3. The van der Waals surface area contributed by atoms with Crippen molar-refractivity contribution in [3.8, 4) is 5.75 Å². The Morgan fingerprint density at radius 1 is 1.06 bits per heavy atom. The lowest BCUT2D eigenvalue weighted by atomic mass is 10.3. The van der Waals surface area contributed by atoms with E-state index in [2.05, 4.69) is 50.5 Å². The molecule has 1 unspecified atom stereocenters. The van der Waals surface area contributed by atoms with E-state index in [1.807, 2.05) is 0 Å². The average Bonchev–Trinajstić information content (AvgIpc) is 2.27. The summed E-state index contributed by atoms with van der Waals surface area (Å²) in [7, 11) is -0.868. The molecule has 0 aliphatic rings. The zero-order valence-electron chi connectivity index (χ0n) is 11.5. The second-order valence-electron chi connectivity index (χ2n) is 6.16. The van der Waals surface area contributed by atoms with Crippen LogP contribution in [0.2, 0.25) is 31.9 Å². The number of hydrogen-bond acceptors (Lipinski definition) is 1. The van der Waals surface area contributed by atoms with Gasteiger partial charge in [-0.15, -0.1) is 11.6 Å². The first-order chi connectivity index (χ1) is 7.80. The second-order valence-corrected chi connectivity index (χ2v) is 17.5. The monoisotopic (exact) mass is 286 g/mol. The van der Waals surface area contributed by atoms with E-state index >= 15 is 0 Å². The molecule has 0 heterocycles. The maximum atomic E-state index is 6.28. The molecule has 1 aromatic rings. The minimum atomic E-state index is -1.50. The number of halogens is 1. The summed E-state index contributed by atoms with van der Waals surface area (Å²) >= 11 is 6.28. The SMILES string of the molecule is COc1ccc([Si](C)(CCl)C[Si](C)(C)C)cc1. The molecule has 1 rings (SSSR count). The van der Waals surface area contributed by atoms with E-state index in [1.54, 1.807) is 7.11 Å². The van der Waals surface area contributed by atoms with Gasteiger partial charge in [0.05, 0.1) is 15.2 Å². The minimum Gasteiger partial charge on any atom is -0.497 e. The van der Waals surface area contributed by atoms with Crippen LogP contribution in [0.25, 0.3) is 0 Å². The van der Waals surface area contributed by atoms with Crippen LogP contribution in [0.3, 0.4) is 0 Å². The molecule has 1 atom stereocenters. The van der Waals surface area contributed by atoms with Gasteiger partial charge in [0.2, 0.25) is 0 Å². The van der Waals surface area contributed by atoms with Crippen LogP contribution >= 0.6 is 11.6 Å². The van der Waals surface area contributed by atoms with Crippen molar-refractivity contribution in [2.75, 3.05) is 12.6 Å². The molecule has 1 aromatic carbocycles. The number of rotatable bonds is 5. The highest BCUT2D eigenvalue weighted by Gasteiger charge is 2.34. The fraction of sp³-hybridized carbons (Fsp3) is 0.538. The van der Waals surface area contributed by atoms with E-state index in [9.17, 15) is 0 Å². The molecular formula is C13H23ClOSi2. The fourth-order valence-corrected chi connectivity index (χ4v) is 15.4. The molecule has 0 saturated heterocycles. The smallest absolute Gasteiger partial charge is 0.118 e. The number of ether oxygens (including phenoxy) is 1. The normalized spacial score (nSPS) is 15.4. The van der Waals surface area contributed by atoms with Crippen molar-refractivity contribution in [3.63, 3.8) is 0 Å². The Morgan fingerprint density at radius 2 is 1.59 bits per heavy atom. The van der Waals surface area contributed by atoms with Crippen LogP contribution in [0.5, 0.6) is 5.75 Å². The van der Waals surface area contributed by atoms with Crippen LogP contribution < -0.4 is 9.92 Å². The Labute approximate surface area is 112 Å². The van der Waals surface area contributed by atoms with E-state index in [-0.39, 0.29) is 0 Å². The van der Waals surface area contributed by atoms with Crippen molar-refractivity contribution < 1.29 is 4.74 Å². The number of methoxy groups -OCH3 is 1. The van der Waals surface area contributed by atoms with Gasteiger partial charge in [0.15, 0.2) is 0 Å². The van der Waals surface area contributed by atoms with Gasteiger partial charge in [-0.3, -0.25) is 0 Å². The lowest BCUT2D eigenvalue weighted by Gasteiger charge is -2.31. The van der Waals surface area contributed by atoms with Gasteiger partial charge in [0.25, 0.3) is 0 Å². The third-order valence-electron chi connectivity index (χ3n) is 3.00. The van der Waals surface area contributed by atoms with E-state index in [0.717, 1.165) is 11.3 Å². The molecular weight excluding hydrogens is 264 g/mol. The van der Waals surface area contributed by atoms with Crippen LogP contribution in [0.15, 0.2) is 24.3 Å². The summed E-state index contributed by atoms with van der Waals surface area (Å²) < 4.78 is 5.21. The molecule has 1 nitrogen and oxygen atoms in total. The van der Waals surface area contributed by atoms with Gasteiger partial charge in [-0.05, 0) is 12.1 Å². The quantitative estimate of drug-likeness (QED) is 0.593. The van der Waals surface area contributed by atoms with E-state index in [4.69, 9.17) is 16.3 Å². The Kier molecular flexibility index (Phi) is 4.87. The summed E-state index contributed by atoms with van der Waals surface area (Å²) in [5.41, 5.74) is 2.15. The molecule has 4 heteroatoms. The lowest BCUT2D eigenvalue weighted by Crippen LogP contribution is -2.52. The first kappa shape index (κ1) is 14.8. The third-order valence-corrected chi connectivity index (χ3v) is 14.5. The van der Waals surface area contributed by atoms with Crippen molar-refractivity contribution in [3.05, 3.63) is 24.3 Å². The van der Waals surface area contributed by atoms with Gasteiger partial charge in [-0.1, -0.05) is 49.2 Å². The predicted molar refractivity (Wildman–Crippen MR) is 83.1 cm³/mol. The Hall–Kier alpha value is -0.256. The van der Waals surface area contributed by atoms with Crippen LogP contribution in [0.4, 0.5) is 0 Å². The summed E-state index contributed by atoms with van der Waals surface area (Å²) in [6.45, 7) is 9.68. The van der Waals surface area contributed by atoms with Crippen LogP contribution in [0.1, 0.15) is 0 Å². The Bertz CT molecular complexity index is 359. The molecule has 0 fully saturated rings. The fourth-order valence-electron chi connectivity index (χ4n) is 2.39. The summed E-state index contributed by atoms with van der Waals surface area (Å²) in [6, 6.07) is 8.51. The maximum Gasteiger partial charge on any atom is 0.118 e.